The van der Waals surface area contributed by atoms with Crippen molar-refractivity contribution >= 4 is 23.4 Å². The molecule has 0 bridgehead atoms. The summed E-state index contributed by atoms with van der Waals surface area (Å²) in [4.78, 5) is 14.7. The van der Waals surface area contributed by atoms with E-state index in [1.165, 1.54) is 6.08 Å². The highest BCUT2D eigenvalue weighted by Crippen LogP contribution is 2.16. The maximum atomic E-state index is 10.4. The van der Waals surface area contributed by atoms with Crippen molar-refractivity contribution in [3.63, 3.8) is 0 Å². The Kier molecular flexibility index (Phi) is 4.30. The van der Waals surface area contributed by atoms with Gasteiger partial charge in [-0.05, 0) is 30.7 Å². The van der Waals surface area contributed by atoms with Gasteiger partial charge < -0.3 is 9.84 Å². The zero-order chi connectivity index (χ0) is 13.7. The van der Waals surface area contributed by atoms with Gasteiger partial charge in [0.15, 0.2) is 0 Å². The van der Waals surface area contributed by atoms with Crippen LogP contribution in [0, 0.1) is 6.92 Å². The van der Waals surface area contributed by atoms with Gasteiger partial charge in [-0.25, -0.2) is 9.78 Å². The normalized spacial score (nSPS) is 10.8. The highest BCUT2D eigenvalue weighted by atomic mass is 32.1. The van der Waals surface area contributed by atoms with E-state index in [1.54, 1.807) is 35.6 Å². The monoisotopic (exact) mass is 275 g/mol. The van der Waals surface area contributed by atoms with Gasteiger partial charge in [0.05, 0.1) is 10.7 Å². The van der Waals surface area contributed by atoms with Crippen LogP contribution in [0.5, 0.6) is 5.75 Å². The van der Waals surface area contributed by atoms with Crippen molar-refractivity contribution in [2.45, 2.75) is 13.5 Å². The summed E-state index contributed by atoms with van der Waals surface area (Å²) in [6, 6.07) is 7.23. The van der Waals surface area contributed by atoms with E-state index in [0.29, 0.717) is 6.61 Å². The largest absolute Gasteiger partial charge is 0.487 e. The topological polar surface area (TPSA) is 59.4 Å². The Morgan fingerprint density at radius 3 is 2.74 bits per heavy atom. The van der Waals surface area contributed by atoms with Crippen LogP contribution in [0.1, 0.15) is 16.3 Å². The van der Waals surface area contributed by atoms with Crippen LogP contribution in [0.2, 0.25) is 0 Å². The Morgan fingerprint density at radius 2 is 2.16 bits per heavy atom. The summed E-state index contributed by atoms with van der Waals surface area (Å²) in [7, 11) is 0. The molecule has 1 aromatic heterocycles. The molecular weight excluding hydrogens is 262 g/mol. The van der Waals surface area contributed by atoms with Crippen molar-refractivity contribution in [3.05, 3.63) is 52.0 Å². The third-order valence-electron chi connectivity index (χ3n) is 2.35. The molecule has 0 unspecified atom stereocenters. The predicted molar refractivity (Wildman–Crippen MR) is 74.3 cm³/mol. The summed E-state index contributed by atoms with van der Waals surface area (Å²) >= 11 is 1.60. The fourth-order valence-electron chi connectivity index (χ4n) is 1.47. The lowest BCUT2D eigenvalue weighted by atomic mass is 10.2. The van der Waals surface area contributed by atoms with Gasteiger partial charge >= 0.3 is 5.97 Å². The molecular formula is C14H13NO3S. The Labute approximate surface area is 115 Å². The number of aryl methyl sites for hydroxylation is 1. The van der Waals surface area contributed by atoms with E-state index < -0.39 is 5.97 Å². The van der Waals surface area contributed by atoms with E-state index in [4.69, 9.17) is 9.84 Å². The molecule has 0 aliphatic heterocycles. The summed E-state index contributed by atoms with van der Waals surface area (Å²) in [6.07, 6.45) is 2.64. The number of carboxylic acid groups (broad SMARTS) is 1. The predicted octanol–water partition coefficient (Wildman–Crippen LogP) is 3.13. The second-order valence-corrected chi connectivity index (χ2v) is 4.95. The van der Waals surface area contributed by atoms with E-state index >= 15 is 0 Å². The number of ether oxygens (including phenoxy) is 1. The highest BCUT2D eigenvalue weighted by molar-refractivity contribution is 7.09. The molecule has 1 heterocycles. The standard InChI is InChI=1S/C14H13NO3S/c1-10-15-12(9-19-10)8-18-13-5-2-11(3-6-13)4-7-14(16)17/h2-7,9H,8H2,1H3,(H,16,17). The molecule has 0 radical (unpaired) electrons. The van der Waals surface area contributed by atoms with Crippen LogP contribution in [0.25, 0.3) is 6.08 Å². The van der Waals surface area contributed by atoms with Crippen molar-refractivity contribution in [2.75, 3.05) is 0 Å². The smallest absolute Gasteiger partial charge is 0.328 e. The first-order valence-corrected chi connectivity index (χ1v) is 6.56. The third kappa shape index (κ3) is 4.22. The molecule has 5 heteroatoms. The second-order valence-electron chi connectivity index (χ2n) is 3.89. The SMILES string of the molecule is Cc1nc(COc2ccc(C=CC(=O)O)cc2)cs1. The number of thiazole rings is 1. The van der Waals surface area contributed by atoms with Crippen LogP contribution in [0.4, 0.5) is 0 Å². The van der Waals surface area contributed by atoms with Gasteiger partial charge in [-0.1, -0.05) is 12.1 Å². The first kappa shape index (κ1) is 13.3. The minimum absolute atomic E-state index is 0.439. The van der Waals surface area contributed by atoms with Gasteiger partial charge in [0, 0.05) is 11.5 Å². The lowest BCUT2D eigenvalue weighted by Crippen LogP contribution is -1.95. The van der Waals surface area contributed by atoms with E-state index in [0.717, 1.165) is 28.1 Å². The quantitative estimate of drug-likeness (QED) is 0.852. The molecule has 0 aliphatic carbocycles. The van der Waals surface area contributed by atoms with Gasteiger partial charge in [0.25, 0.3) is 0 Å². The zero-order valence-corrected chi connectivity index (χ0v) is 11.2. The molecule has 1 N–H and O–H groups in total. The molecule has 2 rings (SSSR count). The number of rotatable bonds is 5. The summed E-state index contributed by atoms with van der Waals surface area (Å²) in [5.41, 5.74) is 1.73. The van der Waals surface area contributed by atoms with E-state index in [-0.39, 0.29) is 0 Å². The number of carboxylic acids is 1. The molecule has 0 spiro atoms. The van der Waals surface area contributed by atoms with Crippen molar-refractivity contribution in [3.8, 4) is 5.75 Å². The van der Waals surface area contributed by atoms with Gasteiger partial charge in [0.1, 0.15) is 12.4 Å². The molecule has 0 amide bonds. The minimum Gasteiger partial charge on any atom is -0.487 e. The maximum Gasteiger partial charge on any atom is 0.328 e. The van der Waals surface area contributed by atoms with Crippen LogP contribution in [-0.2, 0) is 11.4 Å². The van der Waals surface area contributed by atoms with Crippen molar-refractivity contribution < 1.29 is 14.6 Å². The molecule has 4 nitrogen and oxygen atoms in total. The van der Waals surface area contributed by atoms with Crippen LogP contribution in [0.15, 0.2) is 35.7 Å². The van der Waals surface area contributed by atoms with Gasteiger partial charge in [-0.2, -0.15) is 0 Å². The number of hydrogen-bond acceptors (Lipinski definition) is 4. The minimum atomic E-state index is -0.959. The molecule has 0 atom stereocenters. The summed E-state index contributed by atoms with van der Waals surface area (Å²) in [6.45, 7) is 2.40. The molecule has 19 heavy (non-hydrogen) atoms. The first-order valence-electron chi connectivity index (χ1n) is 5.68. The lowest BCUT2D eigenvalue weighted by Gasteiger charge is -2.04. The van der Waals surface area contributed by atoms with Gasteiger partial charge in [-0.3, -0.25) is 0 Å². The van der Waals surface area contributed by atoms with Crippen molar-refractivity contribution in [1.82, 2.24) is 4.98 Å². The number of aromatic nitrogens is 1. The number of carbonyl (C=O) groups is 1. The average molecular weight is 275 g/mol. The molecule has 0 fully saturated rings. The Bertz CT molecular complexity index is 587. The summed E-state index contributed by atoms with van der Waals surface area (Å²) in [5, 5.41) is 11.5. The van der Waals surface area contributed by atoms with E-state index in [9.17, 15) is 4.79 Å². The summed E-state index contributed by atoms with van der Waals surface area (Å²) in [5.74, 6) is -0.225. The maximum absolute atomic E-state index is 10.4. The fourth-order valence-corrected chi connectivity index (χ4v) is 2.07. The Hall–Kier alpha value is -2.14. The summed E-state index contributed by atoms with van der Waals surface area (Å²) < 4.78 is 5.59. The van der Waals surface area contributed by atoms with Crippen molar-refractivity contribution in [1.29, 1.82) is 0 Å². The van der Waals surface area contributed by atoms with Gasteiger partial charge in [-0.15, -0.1) is 11.3 Å². The fraction of sp³-hybridized carbons (Fsp3) is 0.143. The van der Waals surface area contributed by atoms with Crippen LogP contribution in [-0.4, -0.2) is 16.1 Å². The molecule has 98 valence electrons. The Balaban J connectivity index is 1.93. The number of aliphatic carboxylic acids is 1. The molecule has 0 saturated heterocycles. The number of hydrogen-bond donors (Lipinski definition) is 1. The highest BCUT2D eigenvalue weighted by Gasteiger charge is 2.00. The van der Waals surface area contributed by atoms with E-state index in [1.807, 2.05) is 12.3 Å². The molecule has 0 aliphatic rings. The first-order chi connectivity index (χ1) is 9.13. The zero-order valence-electron chi connectivity index (χ0n) is 10.4. The molecule has 0 saturated carbocycles. The van der Waals surface area contributed by atoms with Crippen LogP contribution in [0.3, 0.4) is 0 Å². The average Bonchev–Trinajstić information content (AvgIpc) is 2.81. The van der Waals surface area contributed by atoms with Crippen LogP contribution >= 0.6 is 11.3 Å². The van der Waals surface area contributed by atoms with Crippen LogP contribution < -0.4 is 4.74 Å². The van der Waals surface area contributed by atoms with E-state index in [2.05, 4.69) is 4.98 Å². The molecule has 2 aromatic rings. The number of nitrogens with zero attached hydrogens (tertiary/aromatic N) is 1. The third-order valence-corrected chi connectivity index (χ3v) is 3.17. The lowest BCUT2D eigenvalue weighted by molar-refractivity contribution is -0.131. The molecule has 1 aromatic carbocycles. The van der Waals surface area contributed by atoms with Crippen molar-refractivity contribution in [2.24, 2.45) is 0 Å². The Morgan fingerprint density at radius 1 is 1.42 bits per heavy atom. The van der Waals surface area contributed by atoms with Gasteiger partial charge in [0.2, 0.25) is 0 Å². The number of benzene rings is 1. The second kappa shape index (κ2) is 6.15.